The van der Waals surface area contributed by atoms with Crippen molar-refractivity contribution in [2.75, 3.05) is 6.16 Å². The van der Waals surface area contributed by atoms with Gasteiger partial charge >= 0.3 is 0 Å². The molecule has 0 aromatic heterocycles. The van der Waals surface area contributed by atoms with E-state index in [0.29, 0.717) is 0 Å². The fourth-order valence-electron chi connectivity index (χ4n) is 3.04. The highest BCUT2D eigenvalue weighted by Gasteiger charge is 2.43. The molecule has 0 saturated carbocycles. The van der Waals surface area contributed by atoms with Crippen LogP contribution in [0.4, 0.5) is 0 Å². The van der Waals surface area contributed by atoms with Gasteiger partial charge in [-0.15, -0.1) is 0 Å². The molecule has 0 saturated heterocycles. The van der Waals surface area contributed by atoms with Crippen molar-refractivity contribution in [2.24, 2.45) is 0 Å². The van der Waals surface area contributed by atoms with Crippen molar-refractivity contribution < 1.29 is 19.8 Å². The lowest BCUT2D eigenvalue weighted by Crippen LogP contribution is -2.32. The third kappa shape index (κ3) is 7.52. The number of rotatable bonds is 4. The summed E-state index contributed by atoms with van der Waals surface area (Å²) in [5.41, 5.74) is 0. The number of carboxylic acid groups (broad SMARTS) is 2. The molecule has 0 aliphatic heterocycles. The van der Waals surface area contributed by atoms with E-state index in [-0.39, 0.29) is 0 Å². The summed E-state index contributed by atoms with van der Waals surface area (Å²) in [6.45, 7) is 4.49. The van der Waals surface area contributed by atoms with Crippen molar-refractivity contribution in [3.8, 4) is 0 Å². The number of benzene rings is 3. The van der Waals surface area contributed by atoms with Crippen LogP contribution in [-0.4, -0.2) is 28.3 Å². The van der Waals surface area contributed by atoms with Crippen LogP contribution in [-0.2, 0) is 9.59 Å². The SMILES string of the molecule is CC(=O)O.CC(=O)O.CC[P+](c1ccccc1)(c1ccccc1)c1ccccc1. The Morgan fingerprint density at radius 2 is 0.828 bits per heavy atom. The van der Waals surface area contributed by atoms with Crippen molar-refractivity contribution >= 4 is 35.1 Å². The summed E-state index contributed by atoms with van der Waals surface area (Å²) in [7, 11) is -1.53. The highest BCUT2D eigenvalue weighted by atomic mass is 31.2. The number of aliphatic carboxylic acids is 2. The molecule has 29 heavy (non-hydrogen) atoms. The molecule has 0 aliphatic carbocycles. The summed E-state index contributed by atoms with van der Waals surface area (Å²) < 4.78 is 0. The van der Waals surface area contributed by atoms with E-state index < -0.39 is 19.2 Å². The van der Waals surface area contributed by atoms with E-state index in [1.165, 1.54) is 15.9 Å². The molecule has 4 nitrogen and oxygen atoms in total. The molecule has 3 aromatic carbocycles. The predicted octanol–water partition coefficient (Wildman–Crippen LogP) is 4.18. The Balaban J connectivity index is 0.000000452. The highest BCUT2D eigenvalue weighted by molar-refractivity contribution is 7.95. The second-order valence-electron chi connectivity index (χ2n) is 6.17. The molecular weight excluding hydrogens is 383 g/mol. The molecule has 0 heterocycles. The van der Waals surface area contributed by atoms with Gasteiger partial charge in [0.05, 0.1) is 6.16 Å². The second kappa shape index (κ2) is 12.5. The second-order valence-corrected chi connectivity index (χ2v) is 9.97. The monoisotopic (exact) mass is 411 g/mol. The lowest BCUT2D eigenvalue weighted by Gasteiger charge is -2.26. The quantitative estimate of drug-likeness (QED) is 0.632. The van der Waals surface area contributed by atoms with Crippen LogP contribution in [0.15, 0.2) is 91.0 Å². The standard InChI is InChI=1S/C20H20P.2C2H4O2/c1-2-21(18-12-6-3-7-13-18,19-14-8-4-9-15-19)20-16-10-5-11-17-20;2*1-2(3)4/h3-17H,2H2,1H3;2*1H3,(H,3,4)/q+1;;. The predicted molar refractivity (Wildman–Crippen MR) is 122 cm³/mol. The normalized spacial score (nSPS) is 9.90. The van der Waals surface area contributed by atoms with Gasteiger partial charge < -0.3 is 10.2 Å². The topological polar surface area (TPSA) is 74.6 Å². The van der Waals surface area contributed by atoms with Crippen LogP contribution in [0.1, 0.15) is 20.8 Å². The number of hydrogen-bond acceptors (Lipinski definition) is 2. The molecule has 0 atom stereocenters. The zero-order chi connectivity index (χ0) is 21.7. The molecule has 0 fully saturated rings. The van der Waals surface area contributed by atoms with Gasteiger partial charge in [0.15, 0.2) is 0 Å². The summed E-state index contributed by atoms with van der Waals surface area (Å²) >= 11 is 0. The average Bonchev–Trinajstić information content (AvgIpc) is 2.71. The minimum absolute atomic E-state index is 0.833. The molecule has 0 unspecified atom stereocenters. The van der Waals surface area contributed by atoms with Gasteiger partial charge in [-0.2, -0.15) is 0 Å². The fraction of sp³-hybridized carbons (Fsp3) is 0.167. The number of carboxylic acids is 2. The van der Waals surface area contributed by atoms with Crippen molar-refractivity contribution in [3.63, 3.8) is 0 Å². The summed E-state index contributed by atoms with van der Waals surface area (Å²) in [4.78, 5) is 18.0. The van der Waals surface area contributed by atoms with Crippen LogP contribution in [0.3, 0.4) is 0 Å². The Hall–Kier alpha value is -2.97. The maximum absolute atomic E-state index is 9.00. The van der Waals surface area contributed by atoms with Gasteiger partial charge in [-0.25, -0.2) is 0 Å². The minimum atomic E-state index is -1.53. The molecule has 0 bridgehead atoms. The smallest absolute Gasteiger partial charge is 0.300 e. The molecule has 3 rings (SSSR count). The van der Waals surface area contributed by atoms with Gasteiger partial charge in [-0.1, -0.05) is 54.6 Å². The Kier molecular flexibility index (Phi) is 10.4. The maximum Gasteiger partial charge on any atom is 0.300 e. The van der Waals surface area contributed by atoms with E-state index in [1.807, 2.05) is 0 Å². The Bertz CT molecular complexity index is 748. The first kappa shape index (κ1) is 24.1. The summed E-state index contributed by atoms with van der Waals surface area (Å²) in [5, 5.41) is 19.2. The first-order valence-corrected chi connectivity index (χ1v) is 11.3. The van der Waals surface area contributed by atoms with Gasteiger partial charge in [0.25, 0.3) is 11.9 Å². The first-order chi connectivity index (χ1) is 13.8. The Labute approximate surface area is 173 Å². The minimum Gasteiger partial charge on any atom is -0.481 e. The van der Waals surface area contributed by atoms with Gasteiger partial charge in [-0.3, -0.25) is 9.59 Å². The first-order valence-electron chi connectivity index (χ1n) is 9.28. The van der Waals surface area contributed by atoms with Crippen LogP contribution in [0.2, 0.25) is 0 Å². The van der Waals surface area contributed by atoms with Crippen molar-refractivity contribution in [2.45, 2.75) is 20.8 Å². The largest absolute Gasteiger partial charge is 0.481 e. The van der Waals surface area contributed by atoms with Crippen LogP contribution in [0, 0.1) is 0 Å². The molecule has 0 spiro atoms. The van der Waals surface area contributed by atoms with Crippen molar-refractivity contribution in [1.82, 2.24) is 0 Å². The van der Waals surface area contributed by atoms with Crippen molar-refractivity contribution in [1.29, 1.82) is 0 Å². The van der Waals surface area contributed by atoms with Gasteiger partial charge in [0, 0.05) is 13.8 Å². The van der Waals surface area contributed by atoms with E-state index in [0.717, 1.165) is 20.0 Å². The van der Waals surface area contributed by atoms with E-state index in [9.17, 15) is 0 Å². The average molecular weight is 411 g/mol. The maximum atomic E-state index is 9.00. The molecule has 0 radical (unpaired) electrons. The van der Waals surface area contributed by atoms with Gasteiger partial charge in [0.1, 0.15) is 23.2 Å². The number of carbonyl (C=O) groups is 2. The van der Waals surface area contributed by atoms with E-state index >= 15 is 0 Å². The summed E-state index contributed by atoms with van der Waals surface area (Å²) in [5.74, 6) is -1.67. The van der Waals surface area contributed by atoms with Crippen molar-refractivity contribution in [3.05, 3.63) is 91.0 Å². The summed E-state index contributed by atoms with van der Waals surface area (Å²) in [6.07, 6.45) is 1.14. The molecule has 5 heteroatoms. The zero-order valence-electron chi connectivity index (χ0n) is 17.0. The summed E-state index contributed by atoms with van der Waals surface area (Å²) in [6, 6.07) is 33.0. The lowest BCUT2D eigenvalue weighted by molar-refractivity contribution is -0.135. The van der Waals surface area contributed by atoms with Gasteiger partial charge in [0.2, 0.25) is 0 Å². The fourth-order valence-corrected chi connectivity index (χ4v) is 7.08. The van der Waals surface area contributed by atoms with Crippen LogP contribution in [0.25, 0.3) is 0 Å². The third-order valence-electron chi connectivity index (χ3n) is 4.07. The van der Waals surface area contributed by atoms with Crippen LogP contribution >= 0.6 is 7.26 Å². The van der Waals surface area contributed by atoms with E-state index in [4.69, 9.17) is 19.8 Å². The van der Waals surface area contributed by atoms with E-state index in [2.05, 4.69) is 97.9 Å². The molecule has 3 aromatic rings. The molecule has 0 aliphatic rings. The van der Waals surface area contributed by atoms with Crippen LogP contribution < -0.4 is 15.9 Å². The lowest BCUT2D eigenvalue weighted by atomic mass is 10.4. The van der Waals surface area contributed by atoms with E-state index in [1.54, 1.807) is 0 Å². The molecule has 0 amide bonds. The molecule has 2 N–H and O–H groups in total. The Morgan fingerprint density at radius 3 is 1.00 bits per heavy atom. The molecule has 152 valence electrons. The zero-order valence-corrected chi connectivity index (χ0v) is 17.9. The van der Waals surface area contributed by atoms with Gasteiger partial charge in [-0.05, 0) is 43.3 Å². The molecular formula is C24H28O4P+. The van der Waals surface area contributed by atoms with Crippen LogP contribution in [0.5, 0.6) is 0 Å². The highest BCUT2D eigenvalue weighted by Crippen LogP contribution is 2.54. The third-order valence-corrected chi connectivity index (χ3v) is 8.55. The number of hydrogen-bond donors (Lipinski definition) is 2. The Morgan fingerprint density at radius 1 is 0.621 bits per heavy atom.